The number of hydrogen-bond donors (Lipinski definition) is 1. The van der Waals surface area contributed by atoms with Gasteiger partial charge in [0.05, 0.1) is 23.7 Å². The number of nitrogens with zero attached hydrogens (tertiary/aromatic N) is 2. The fourth-order valence-corrected chi connectivity index (χ4v) is 4.83. The van der Waals surface area contributed by atoms with Gasteiger partial charge in [-0.2, -0.15) is 0 Å². The number of fused-ring (bicyclic) bond motifs is 1. The minimum Gasteiger partial charge on any atom is -0.375 e. The summed E-state index contributed by atoms with van der Waals surface area (Å²) in [6, 6.07) is 10.9. The fraction of sp³-hybridized carbons (Fsp3) is 0.429. The van der Waals surface area contributed by atoms with Crippen LogP contribution in [0.3, 0.4) is 0 Å². The number of piperidine rings is 1. The zero-order valence-corrected chi connectivity index (χ0v) is 16.3. The third-order valence-electron chi connectivity index (χ3n) is 5.46. The van der Waals surface area contributed by atoms with Gasteiger partial charge in [0.25, 0.3) is 5.91 Å². The molecule has 1 unspecified atom stereocenters. The second-order valence-electron chi connectivity index (χ2n) is 7.44. The topological polar surface area (TPSA) is 60.9 Å². The van der Waals surface area contributed by atoms with E-state index in [0.717, 1.165) is 30.8 Å². The maximum Gasteiger partial charge on any atom is 0.265 e. The summed E-state index contributed by atoms with van der Waals surface area (Å²) in [6.07, 6.45) is 3.26. The van der Waals surface area contributed by atoms with E-state index in [9.17, 15) is 14.7 Å². The van der Waals surface area contributed by atoms with Crippen molar-refractivity contribution in [1.82, 2.24) is 4.90 Å². The zero-order chi connectivity index (χ0) is 19.0. The molecule has 2 aromatic rings. The molecule has 0 aliphatic carbocycles. The average molecular weight is 385 g/mol. The van der Waals surface area contributed by atoms with Crippen LogP contribution in [0.2, 0.25) is 0 Å². The lowest BCUT2D eigenvalue weighted by Crippen LogP contribution is -2.47. The molecule has 5 nitrogen and oxygen atoms in total. The van der Waals surface area contributed by atoms with Crippen LogP contribution in [0.5, 0.6) is 0 Å². The highest BCUT2D eigenvalue weighted by Gasteiger charge is 2.51. The van der Waals surface area contributed by atoms with Crippen LogP contribution in [0.15, 0.2) is 36.4 Å². The SMILES string of the molecule is Cc1ccc(C(=O)CC2(O)C(=O)N(CN3CCCCC3)c3ccccc32)s1. The second-order valence-corrected chi connectivity index (χ2v) is 8.73. The quantitative estimate of drug-likeness (QED) is 0.804. The van der Waals surface area contributed by atoms with E-state index >= 15 is 0 Å². The van der Waals surface area contributed by atoms with Gasteiger partial charge in [0.2, 0.25) is 0 Å². The third kappa shape index (κ3) is 3.33. The number of aliphatic hydroxyl groups is 1. The number of carbonyl (C=O) groups excluding carboxylic acids is 2. The Morgan fingerprint density at radius 2 is 1.89 bits per heavy atom. The second kappa shape index (κ2) is 7.19. The first-order valence-corrected chi connectivity index (χ1v) is 10.3. The molecule has 4 rings (SSSR count). The summed E-state index contributed by atoms with van der Waals surface area (Å²) in [5, 5.41) is 11.3. The van der Waals surface area contributed by atoms with Crippen molar-refractivity contribution in [2.45, 2.75) is 38.2 Å². The molecule has 1 amide bonds. The molecular formula is C21H24N2O3S. The maximum atomic E-state index is 13.2. The summed E-state index contributed by atoms with van der Waals surface area (Å²) >= 11 is 1.40. The molecule has 3 heterocycles. The van der Waals surface area contributed by atoms with E-state index in [4.69, 9.17) is 0 Å². The average Bonchev–Trinajstić information content (AvgIpc) is 3.20. The van der Waals surface area contributed by atoms with Gasteiger partial charge >= 0.3 is 0 Å². The van der Waals surface area contributed by atoms with Crippen LogP contribution in [0, 0.1) is 6.92 Å². The Labute approximate surface area is 163 Å². The number of carbonyl (C=O) groups is 2. The van der Waals surface area contributed by atoms with Crippen molar-refractivity contribution in [1.29, 1.82) is 0 Å². The van der Waals surface area contributed by atoms with Crippen LogP contribution in [0.25, 0.3) is 0 Å². The number of Topliss-reactive ketones (excluding diaryl/α,β-unsaturated/α-hetero) is 1. The summed E-state index contributed by atoms with van der Waals surface area (Å²) in [4.78, 5) is 31.5. The standard InChI is InChI=1S/C21H24N2O3S/c1-15-9-10-19(27-15)18(24)13-21(26)16-7-3-4-8-17(16)23(20(21)25)14-22-11-5-2-6-12-22/h3-4,7-10,26H,2,5-6,11-14H2,1H3. The summed E-state index contributed by atoms with van der Waals surface area (Å²) in [5.74, 6) is -0.588. The summed E-state index contributed by atoms with van der Waals surface area (Å²) in [6.45, 7) is 4.31. The number of hydrogen-bond acceptors (Lipinski definition) is 5. The molecule has 1 aromatic carbocycles. The predicted octanol–water partition coefficient (Wildman–Crippen LogP) is 3.31. The van der Waals surface area contributed by atoms with Crippen LogP contribution < -0.4 is 4.90 Å². The number of para-hydroxylation sites is 1. The zero-order valence-electron chi connectivity index (χ0n) is 15.5. The lowest BCUT2D eigenvalue weighted by atomic mass is 9.89. The lowest BCUT2D eigenvalue weighted by molar-refractivity contribution is -0.136. The van der Waals surface area contributed by atoms with Gasteiger partial charge in [-0.25, -0.2) is 0 Å². The fourth-order valence-electron chi connectivity index (χ4n) is 4.02. The van der Waals surface area contributed by atoms with E-state index in [1.165, 1.54) is 17.8 Å². The van der Waals surface area contributed by atoms with Gasteiger partial charge in [0.1, 0.15) is 0 Å². The van der Waals surface area contributed by atoms with E-state index in [0.29, 0.717) is 22.8 Å². The van der Waals surface area contributed by atoms with Crippen LogP contribution in [0.4, 0.5) is 5.69 Å². The number of ketones is 1. The van der Waals surface area contributed by atoms with Crippen molar-refractivity contribution >= 4 is 28.7 Å². The van der Waals surface area contributed by atoms with Crippen LogP contribution >= 0.6 is 11.3 Å². The van der Waals surface area contributed by atoms with Gasteiger partial charge in [0, 0.05) is 10.4 Å². The highest BCUT2D eigenvalue weighted by Crippen LogP contribution is 2.43. The summed E-state index contributed by atoms with van der Waals surface area (Å²) in [5.41, 5.74) is -0.541. The Morgan fingerprint density at radius 1 is 1.15 bits per heavy atom. The molecule has 1 fully saturated rings. The molecule has 2 aliphatic rings. The number of likely N-dealkylation sites (tertiary alicyclic amines) is 1. The Kier molecular flexibility index (Phi) is 4.88. The molecule has 142 valence electrons. The molecule has 27 heavy (non-hydrogen) atoms. The van der Waals surface area contributed by atoms with Gasteiger partial charge in [-0.1, -0.05) is 24.6 Å². The number of amides is 1. The molecule has 1 aromatic heterocycles. The third-order valence-corrected chi connectivity index (χ3v) is 6.50. The summed E-state index contributed by atoms with van der Waals surface area (Å²) < 4.78 is 0. The van der Waals surface area contributed by atoms with E-state index < -0.39 is 11.5 Å². The van der Waals surface area contributed by atoms with Crippen molar-refractivity contribution in [3.8, 4) is 0 Å². The molecule has 1 N–H and O–H groups in total. The highest BCUT2D eigenvalue weighted by atomic mass is 32.1. The van der Waals surface area contributed by atoms with Crippen molar-refractivity contribution in [3.63, 3.8) is 0 Å². The molecule has 0 spiro atoms. The van der Waals surface area contributed by atoms with Crippen LogP contribution in [0.1, 0.15) is 45.8 Å². The van der Waals surface area contributed by atoms with E-state index in [1.807, 2.05) is 25.1 Å². The van der Waals surface area contributed by atoms with Crippen molar-refractivity contribution < 1.29 is 14.7 Å². The highest BCUT2D eigenvalue weighted by molar-refractivity contribution is 7.14. The first-order chi connectivity index (χ1) is 13.0. The van der Waals surface area contributed by atoms with Gasteiger partial charge < -0.3 is 5.11 Å². The number of thiophene rings is 1. The molecule has 0 bridgehead atoms. The Bertz CT molecular complexity index is 872. The molecule has 2 aliphatic heterocycles. The molecule has 6 heteroatoms. The van der Waals surface area contributed by atoms with Crippen LogP contribution in [-0.4, -0.2) is 41.5 Å². The first-order valence-electron chi connectivity index (χ1n) is 9.45. The smallest absolute Gasteiger partial charge is 0.265 e. The first kappa shape index (κ1) is 18.3. The summed E-state index contributed by atoms with van der Waals surface area (Å²) in [7, 11) is 0. The number of rotatable bonds is 5. The van der Waals surface area contributed by atoms with E-state index in [1.54, 1.807) is 23.1 Å². The van der Waals surface area contributed by atoms with Crippen molar-refractivity contribution in [3.05, 3.63) is 51.7 Å². The lowest BCUT2D eigenvalue weighted by Gasteiger charge is -2.31. The van der Waals surface area contributed by atoms with Gasteiger partial charge in [0.15, 0.2) is 11.4 Å². The molecule has 1 atom stereocenters. The van der Waals surface area contributed by atoms with Gasteiger partial charge in [-0.05, 0) is 51.1 Å². The molecule has 0 saturated carbocycles. The van der Waals surface area contributed by atoms with E-state index in [-0.39, 0.29) is 12.2 Å². The van der Waals surface area contributed by atoms with Crippen molar-refractivity contribution in [2.24, 2.45) is 0 Å². The minimum atomic E-state index is -1.79. The normalized spacial score (nSPS) is 22.9. The number of benzene rings is 1. The molecule has 1 saturated heterocycles. The number of anilines is 1. The Morgan fingerprint density at radius 3 is 2.59 bits per heavy atom. The Balaban J connectivity index is 1.62. The minimum absolute atomic E-state index is 0.196. The monoisotopic (exact) mass is 384 g/mol. The predicted molar refractivity (Wildman–Crippen MR) is 106 cm³/mol. The largest absolute Gasteiger partial charge is 0.375 e. The van der Waals surface area contributed by atoms with Crippen molar-refractivity contribution in [2.75, 3.05) is 24.7 Å². The van der Waals surface area contributed by atoms with Crippen LogP contribution in [-0.2, 0) is 10.4 Å². The van der Waals surface area contributed by atoms with Gasteiger partial charge in [-0.15, -0.1) is 11.3 Å². The Hall–Kier alpha value is -2.02. The number of aryl methyl sites for hydroxylation is 1. The van der Waals surface area contributed by atoms with Gasteiger partial charge in [-0.3, -0.25) is 19.4 Å². The maximum absolute atomic E-state index is 13.2. The van der Waals surface area contributed by atoms with E-state index in [2.05, 4.69) is 4.90 Å². The molecular weight excluding hydrogens is 360 g/mol. The molecule has 0 radical (unpaired) electrons.